The second-order valence-corrected chi connectivity index (χ2v) is 4.68. The molecule has 0 aliphatic rings. The number of benzene rings is 1. The fraction of sp³-hybridized carbons (Fsp3) is 0.231. The van der Waals surface area contributed by atoms with Crippen molar-refractivity contribution in [3.05, 3.63) is 40.4 Å². The van der Waals surface area contributed by atoms with Crippen LogP contribution in [0.2, 0.25) is 0 Å². The molecule has 6 heteroatoms. The van der Waals surface area contributed by atoms with Crippen molar-refractivity contribution in [2.45, 2.75) is 6.54 Å². The molecule has 1 N–H and O–H groups in total. The van der Waals surface area contributed by atoms with Crippen LogP contribution in [0.4, 0.5) is 5.95 Å². The molecule has 0 radical (unpaired) electrons. The van der Waals surface area contributed by atoms with E-state index in [1.165, 1.54) is 0 Å². The number of rotatable bonds is 5. The van der Waals surface area contributed by atoms with E-state index in [1.807, 2.05) is 24.3 Å². The molecule has 0 saturated heterocycles. The summed E-state index contributed by atoms with van der Waals surface area (Å²) in [5.41, 5.74) is 1.12. The van der Waals surface area contributed by atoms with Gasteiger partial charge in [0, 0.05) is 11.0 Å². The zero-order valence-electron chi connectivity index (χ0n) is 10.7. The second-order valence-electron chi connectivity index (χ2n) is 3.76. The number of nitrogens with zero attached hydrogens (tertiary/aromatic N) is 2. The van der Waals surface area contributed by atoms with Gasteiger partial charge in [-0.3, -0.25) is 0 Å². The maximum Gasteiger partial charge on any atom is 0.229 e. The van der Waals surface area contributed by atoms with Crippen molar-refractivity contribution in [2.75, 3.05) is 19.5 Å². The van der Waals surface area contributed by atoms with Crippen molar-refractivity contribution < 1.29 is 9.47 Å². The van der Waals surface area contributed by atoms with Gasteiger partial charge in [-0.05, 0) is 17.7 Å². The first-order valence-corrected chi connectivity index (χ1v) is 6.46. The van der Waals surface area contributed by atoms with E-state index in [0.29, 0.717) is 24.3 Å². The topological polar surface area (TPSA) is 56.3 Å². The van der Waals surface area contributed by atoms with Crippen LogP contribution < -0.4 is 14.8 Å². The molecular weight excluding hydrogens is 310 g/mol. The monoisotopic (exact) mass is 323 g/mol. The van der Waals surface area contributed by atoms with Crippen LogP contribution in [-0.4, -0.2) is 24.2 Å². The summed E-state index contributed by atoms with van der Waals surface area (Å²) in [4.78, 5) is 8.40. The number of nitrogens with one attached hydrogen (secondary N) is 1. The summed E-state index contributed by atoms with van der Waals surface area (Å²) in [5, 5.41) is 3.13. The van der Waals surface area contributed by atoms with Crippen LogP contribution >= 0.6 is 15.9 Å². The van der Waals surface area contributed by atoms with Crippen molar-refractivity contribution in [3.8, 4) is 11.8 Å². The van der Waals surface area contributed by atoms with Gasteiger partial charge in [0.05, 0.1) is 20.3 Å². The highest BCUT2D eigenvalue weighted by molar-refractivity contribution is 9.10. The summed E-state index contributed by atoms with van der Waals surface area (Å²) in [6.45, 7) is 0.621. The molecule has 0 fully saturated rings. The first kappa shape index (κ1) is 13.6. The van der Waals surface area contributed by atoms with Crippen LogP contribution in [0.3, 0.4) is 0 Å². The minimum absolute atomic E-state index is 0.462. The number of ether oxygens (including phenoxy) is 2. The predicted molar refractivity (Wildman–Crippen MR) is 76.6 cm³/mol. The van der Waals surface area contributed by atoms with Crippen LogP contribution in [0.5, 0.6) is 11.8 Å². The predicted octanol–water partition coefficient (Wildman–Crippen LogP) is 2.87. The van der Waals surface area contributed by atoms with Gasteiger partial charge >= 0.3 is 0 Å². The van der Waals surface area contributed by atoms with E-state index < -0.39 is 0 Å². The van der Waals surface area contributed by atoms with E-state index in [2.05, 4.69) is 31.2 Å². The maximum absolute atomic E-state index is 5.09. The summed E-state index contributed by atoms with van der Waals surface area (Å²) in [5.74, 6) is 1.39. The third kappa shape index (κ3) is 3.82. The Kier molecular flexibility index (Phi) is 4.57. The molecule has 100 valence electrons. The smallest absolute Gasteiger partial charge is 0.229 e. The highest BCUT2D eigenvalue weighted by Crippen LogP contribution is 2.18. The summed E-state index contributed by atoms with van der Waals surface area (Å²) in [7, 11) is 3.11. The van der Waals surface area contributed by atoms with Crippen LogP contribution in [0.1, 0.15) is 5.56 Å². The van der Waals surface area contributed by atoms with E-state index in [-0.39, 0.29) is 0 Å². The zero-order valence-corrected chi connectivity index (χ0v) is 12.3. The standard InChI is InChI=1S/C13H14BrN3O2/c1-18-11-7-12(19-2)17-13(16-11)15-8-9-4-3-5-10(14)6-9/h3-7H,8H2,1-2H3,(H,15,16,17). The molecular formula is C13H14BrN3O2. The van der Waals surface area contributed by atoms with Gasteiger partial charge in [0.15, 0.2) is 0 Å². The molecule has 0 atom stereocenters. The summed E-state index contributed by atoms with van der Waals surface area (Å²) in [6.07, 6.45) is 0. The SMILES string of the molecule is COc1cc(OC)nc(NCc2cccc(Br)c2)n1. The molecule has 2 rings (SSSR count). The van der Waals surface area contributed by atoms with Crippen molar-refractivity contribution >= 4 is 21.9 Å². The molecule has 1 aromatic carbocycles. The molecule has 0 aliphatic carbocycles. The van der Waals surface area contributed by atoms with Crippen molar-refractivity contribution in [3.63, 3.8) is 0 Å². The third-order valence-corrected chi connectivity index (χ3v) is 2.93. The fourth-order valence-corrected chi connectivity index (χ4v) is 1.97. The Hall–Kier alpha value is -1.82. The number of aromatic nitrogens is 2. The molecule has 0 bridgehead atoms. The average Bonchev–Trinajstić information content (AvgIpc) is 2.44. The Labute approximate surface area is 120 Å². The van der Waals surface area contributed by atoms with Crippen LogP contribution in [0.25, 0.3) is 0 Å². The molecule has 0 spiro atoms. The molecule has 19 heavy (non-hydrogen) atoms. The lowest BCUT2D eigenvalue weighted by Gasteiger charge is -2.08. The third-order valence-electron chi connectivity index (χ3n) is 2.44. The first-order chi connectivity index (χ1) is 9.21. The second kappa shape index (κ2) is 6.38. The Morgan fingerprint density at radius 3 is 2.37 bits per heavy atom. The van der Waals surface area contributed by atoms with Gasteiger partial charge in [-0.15, -0.1) is 0 Å². The quantitative estimate of drug-likeness (QED) is 0.916. The highest BCUT2D eigenvalue weighted by atomic mass is 79.9. The molecule has 0 amide bonds. The van der Waals surface area contributed by atoms with Gasteiger partial charge in [0.2, 0.25) is 17.7 Å². The Balaban J connectivity index is 2.10. The van der Waals surface area contributed by atoms with Crippen molar-refractivity contribution in [1.29, 1.82) is 0 Å². The number of hydrogen-bond acceptors (Lipinski definition) is 5. The summed E-state index contributed by atoms with van der Waals surface area (Å²) >= 11 is 3.43. The van der Waals surface area contributed by atoms with Gasteiger partial charge in [0.1, 0.15) is 0 Å². The molecule has 1 heterocycles. The summed E-state index contributed by atoms with van der Waals surface area (Å²) in [6, 6.07) is 9.65. The van der Waals surface area contributed by atoms with Gasteiger partial charge in [-0.2, -0.15) is 9.97 Å². The van der Waals surface area contributed by atoms with E-state index in [9.17, 15) is 0 Å². The molecule has 0 aliphatic heterocycles. The largest absolute Gasteiger partial charge is 0.481 e. The van der Waals surface area contributed by atoms with Gasteiger partial charge in [-0.1, -0.05) is 28.1 Å². The molecule has 0 saturated carbocycles. The zero-order chi connectivity index (χ0) is 13.7. The molecule has 2 aromatic rings. The summed E-state index contributed by atoms with van der Waals surface area (Å²) < 4.78 is 11.2. The van der Waals surface area contributed by atoms with Crippen LogP contribution in [0, 0.1) is 0 Å². The van der Waals surface area contributed by atoms with Gasteiger partial charge in [0.25, 0.3) is 0 Å². The number of anilines is 1. The van der Waals surface area contributed by atoms with E-state index in [4.69, 9.17) is 9.47 Å². The number of halogens is 1. The van der Waals surface area contributed by atoms with Crippen molar-refractivity contribution in [2.24, 2.45) is 0 Å². The minimum atomic E-state index is 0.462. The van der Waals surface area contributed by atoms with Gasteiger partial charge in [-0.25, -0.2) is 0 Å². The minimum Gasteiger partial charge on any atom is -0.481 e. The lowest BCUT2D eigenvalue weighted by Crippen LogP contribution is -2.05. The Bertz CT molecular complexity index is 541. The maximum atomic E-state index is 5.09. The highest BCUT2D eigenvalue weighted by Gasteiger charge is 2.05. The molecule has 5 nitrogen and oxygen atoms in total. The number of hydrogen-bond donors (Lipinski definition) is 1. The average molecular weight is 324 g/mol. The van der Waals surface area contributed by atoms with E-state index in [1.54, 1.807) is 20.3 Å². The molecule has 0 unspecified atom stereocenters. The van der Waals surface area contributed by atoms with E-state index >= 15 is 0 Å². The lowest BCUT2D eigenvalue weighted by molar-refractivity contribution is 0.373. The van der Waals surface area contributed by atoms with E-state index in [0.717, 1.165) is 10.0 Å². The van der Waals surface area contributed by atoms with Crippen LogP contribution in [-0.2, 0) is 6.54 Å². The Morgan fingerprint density at radius 1 is 1.11 bits per heavy atom. The lowest BCUT2D eigenvalue weighted by atomic mass is 10.2. The normalized spacial score (nSPS) is 10.1. The number of methoxy groups -OCH3 is 2. The van der Waals surface area contributed by atoms with Crippen molar-refractivity contribution in [1.82, 2.24) is 9.97 Å². The Morgan fingerprint density at radius 2 is 1.79 bits per heavy atom. The van der Waals surface area contributed by atoms with Gasteiger partial charge < -0.3 is 14.8 Å². The fourth-order valence-electron chi connectivity index (χ4n) is 1.52. The van der Waals surface area contributed by atoms with Crippen LogP contribution in [0.15, 0.2) is 34.8 Å². The molecule has 1 aromatic heterocycles. The first-order valence-electron chi connectivity index (χ1n) is 5.66.